The lowest BCUT2D eigenvalue weighted by Gasteiger charge is -2.63. The Morgan fingerprint density at radius 2 is 1.24 bits per heavy atom. The van der Waals surface area contributed by atoms with E-state index in [0.29, 0.717) is 45.2 Å². The van der Waals surface area contributed by atoms with E-state index in [4.69, 9.17) is 9.47 Å². The minimum atomic E-state index is -0.585. The average Bonchev–Trinajstić information content (AvgIpc) is 2.49. The van der Waals surface area contributed by atoms with Crippen LogP contribution in [0.3, 0.4) is 0 Å². The molecule has 4 saturated heterocycles. The van der Waals surface area contributed by atoms with E-state index in [1.54, 1.807) is 13.8 Å². The molecule has 0 aromatic rings. The van der Waals surface area contributed by atoms with Crippen molar-refractivity contribution in [2.45, 2.75) is 46.2 Å². The molecule has 0 radical (unpaired) electrons. The van der Waals surface area contributed by atoms with Gasteiger partial charge in [0, 0.05) is 0 Å². The molecule has 0 unspecified atom stereocenters. The van der Waals surface area contributed by atoms with E-state index in [1.807, 2.05) is 13.8 Å². The third-order valence-electron chi connectivity index (χ3n) is 6.37. The molecule has 0 atom stereocenters. The predicted octanol–water partition coefficient (Wildman–Crippen LogP) is -2.02. The van der Waals surface area contributed by atoms with Gasteiger partial charge in [-0.25, -0.2) is 0 Å². The van der Waals surface area contributed by atoms with E-state index in [-0.39, 0.29) is 35.6 Å². The first-order valence-electron chi connectivity index (χ1n) is 9.25. The lowest BCUT2D eigenvalue weighted by atomic mass is 9.60. The number of nitrogens with one attached hydrogen (secondary N) is 2. The van der Waals surface area contributed by atoms with Crippen LogP contribution in [0.15, 0.2) is 0 Å². The SMILES string of the molecule is CCOC(=O)CC1(CC(=O)OCC)[NH+]2CC3(C)C[NH+]1CC(C)(C2)C3=O. The summed E-state index contributed by atoms with van der Waals surface area (Å²) >= 11 is 0. The highest BCUT2D eigenvalue weighted by molar-refractivity contribution is 5.91. The van der Waals surface area contributed by atoms with Gasteiger partial charge in [-0.3, -0.25) is 24.2 Å². The van der Waals surface area contributed by atoms with E-state index in [9.17, 15) is 14.4 Å². The van der Waals surface area contributed by atoms with Crippen molar-refractivity contribution < 1.29 is 33.7 Å². The van der Waals surface area contributed by atoms with E-state index < -0.39 is 5.66 Å². The molecule has 4 fully saturated rings. The molecule has 2 N–H and O–H groups in total. The monoisotopic (exact) mass is 354 g/mol. The van der Waals surface area contributed by atoms with Gasteiger partial charge in [-0.1, -0.05) is 0 Å². The van der Waals surface area contributed by atoms with Crippen molar-refractivity contribution in [2.24, 2.45) is 10.8 Å². The van der Waals surface area contributed by atoms with E-state index >= 15 is 0 Å². The van der Waals surface area contributed by atoms with Crippen LogP contribution in [0.5, 0.6) is 0 Å². The third kappa shape index (κ3) is 2.77. The highest BCUT2D eigenvalue weighted by Gasteiger charge is 2.74. The molecule has 4 heterocycles. The second-order valence-corrected chi connectivity index (χ2v) is 8.41. The fourth-order valence-corrected chi connectivity index (χ4v) is 5.59. The minimum absolute atomic E-state index is 0.185. The maximum absolute atomic E-state index is 12.9. The van der Waals surface area contributed by atoms with Crippen molar-refractivity contribution in [3.63, 3.8) is 0 Å². The summed E-state index contributed by atoms with van der Waals surface area (Å²) in [6.07, 6.45) is 0.370. The molecule has 4 rings (SSSR count). The van der Waals surface area contributed by atoms with E-state index in [1.165, 1.54) is 9.80 Å². The van der Waals surface area contributed by atoms with Crippen LogP contribution in [0.2, 0.25) is 0 Å². The normalized spacial score (nSPS) is 37.8. The second-order valence-electron chi connectivity index (χ2n) is 8.41. The number of carbonyl (C=O) groups is 3. The van der Waals surface area contributed by atoms with Crippen molar-refractivity contribution in [1.82, 2.24) is 0 Å². The zero-order chi connectivity index (χ0) is 18.5. The van der Waals surface area contributed by atoms with Crippen molar-refractivity contribution in [3.05, 3.63) is 0 Å². The Balaban J connectivity index is 1.94. The number of carbonyl (C=O) groups excluding carboxylic acids is 3. The number of quaternary nitrogens is 2. The number of Topliss-reactive ketones (excluding diaryl/α,β-unsaturated/α-hetero) is 1. The Morgan fingerprint density at radius 1 is 0.880 bits per heavy atom. The first-order chi connectivity index (χ1) is 11.7. The largest absolute Gasteiger partial charge is 0.466 e. The molecule has 140 valence electrons. The van der Waals surface area contributed by atoms with Crippen molar-refractivity contribution in [2.75, 3.05) is 39.4 Å². The maximum Gasteiger partial charge on any atom is 0.318 e. The van der Waals surface area contributed by atoms with Crippen LogP contribution in [-0.2, 0) is 23.9 Å². The fraction of sp³-hybridized carbons (Fsp3) is 0.833. The van der Waals surface area contributed by atoms with Gasteiger partial charge >= 0.3 is 11.9 Å². The van der Waals surface area contributed by atoms with Gasteiger partial charge in [0.25, 0.3) is 0 Å². The molecule has 0 amide bonds. The van der Waals surface area contributed by atoms with Gasteiger partial charge in [-0.05, 0) is 27.7 Å². The van der Waals surface area contributed by atoms with Gasteiger partial charge in [-0.2, -0.15) is 0 Å². The van der Waals surface area contributed by atoms with Crippen molar-refractivity contribution in [3.8, 4) is 0 Å². The summed E-state index contributed by atoms with van der Waals surface area (Å²) < 4.78 is 10.4. The van der Waals surface area contributed by atoms with Crippen LogP contribution in [0, 0.1) is 10.8 Å². The average molecular weight is 354 g/mol. The number of piperidine rings is 2. The Kier molecular flexibility index (Phi) is 4.44. The third-order valence-corrected chi connectivity index (χ3v) is 6.37. The van der Waals surface area contributed by atoms with Gasteiger partial charge in [0.2, 0.25) is 5.66 Å². The molecule has 0 aromatic heterocycles. The van der Waals surface area contributed by atoms with Gasteiger partial charge < -0.3 is 9.47 Å². The maximum atomic E-state index is 12.9. The van der Waals surface area contributed by atoms with Crippen LogP contribution in [-0.4, -0.2) is 62.8 Å². The number of hydrogen-bond acceptors (Lipinski definition) is 5. The van der Waals surface area contributed by atoms with Gasteiger partial charge in [-0.15, -0.1) is 0 Å². The fourth-order valence-electron chi connectivity index (χ4n) is 5.59. The quantitative estimate of drug-likeness (QED) is 0.539. The lowest BCUT2D eigenvalue weighted by Crippen LogP contribution is -3.49. The summed E-state index contributed by atoms with van der Waals surface area (Å²) in [5.41, 5.74) is -1.33. The summed E-state index contributed by atoms with van der Waals surface area (Å²) in [6.45, 7) is 11.0. The Labute approximate surface area is 148 Å². The molecule has 0 saturated carbocycles. The van der Waals surface area contributed by atoms with Crippen LogP contribution in [0.1, 0.15) is 40.5 Å². The summed E-state index contributed by atoms with van der Waals surface area (Å²) in [6, 6.07) is 0. The molecular weight excluding hydrogens is 324 g/mol. The summed E-state index contributed by atoms with van der Waals surface area (Å²) in [5, 5.41) is 0. The molecule has 7 nitrogen and oxygen atoms in total. The Morgan fingerprint density at radius 3 is 1.56 bits per heavy atom. The zero-order valence-corrected chi connectivity index (χ0v) is 15.7. The first kappa shape index (κ1) is 18.3. The number of ether oxygens (including phenoxy) is 2. The molecule has 4 bridgehead atoms. The molecule has 4 aliphatic rings. The van der Waals surface area contributed by atoms with Crippen molar-refractivity contribution >= 4 is 17.7 Å². The van der Waals surface area contributed by atoms with Gasteiger partial charge in [0.1, 0.15) is 10.8 Å². The molecule has 4 aliphatic heterocycles. The summed E-state index contributed by atoms with van der Waals surface area (Å²) in [4.78, 5) is 39.9. The molecular formula is C18H30N2O5+2. The number of esters is 2. The number of ketones is 1. The standard InChI is InChI=1S/C18H28N2O5/c1-5-24-13(21)7-18(8-14(22)25-6-2)19-9-16(3)10-20(18)12-17(4,11-19)15(16)23/h5-12H2,1-4H3/p+2. The number of hydrogen-bond donors (Lipinski definition) is 2. The van der Waals surface area contributed by atoms with E-state index in [0.717, 1.165) is 0 Å². The van der Waals surface area contributed by atoms with Crippen molar-refractivity contribution in [1.29, 1.82) is 0 Å². The summed E-state index contributed by atoms with van der Waals surface area (Å²) in [5.74, 6) is -0.213. The molecule has 25 heavy (non-hydrogen) atoms. The highest BCUT2D eigenvalue weighted by atomic mass is 16.5. The molecule has 7 heteroatoms. The molecule has 0 aliphatic carbocycles. The Bertz CT molecular complexity index is 540. The highest BCUT2D eigenvalue weighted by Crippen LogP contribution is 2.37. The molecule has 0 spiro atoms. The predicted molar refractivity (Wildman–Crippen MR) is 87.8 cm³/mol. The smallest absolute Gasteiger partial charge is 0.318 e. The topological polar surface area (TPSA) is 78.6 Å². The zero-order valence-electron chi connectivity index (χ0n) is 15.7. The first-order valence-corrected chi connectivity index (χ1v) is 9.25. The van der Waals surface area contributed by atoms with Crippen LogP contribution in [0.4, 0.5) is 0 Å². The summed E-state index contributed by atoms with van der Waals surface area (Å²) in [7, 11) is 0. The Hall–Kier alpha value is -1.47. The van der Waals surface area contributed by atoms with Crippen LogP contribution in [0.25, 0.3) is 0 Å². The van der Waals surface area contributed by atoms with Crippen LogP contribution < -0.4 is 9.80 Å². The van der Waals surface area contributed by atoms with Gasteiger partial charge in [0.15, 0.2) is 18.6 Å². The van der Waals surface area contributed by atoms with Gasteiger partial charge in [0.05, 0.1) is 39.4 Å². The number of rotatable bonds is 6. The minimum Gasteiger partial charge on any atom is -0.466 e. The second kappa shape index (κ2) is 6.06. The lowest BCUT2D eigenvalue weighted by molar-refractivity contribution is -1.20. The molecule has 0 aromatic carbocycles. The van der Waals surface area contributed by atoms with Crippen LogP contribution >= 0.6 is 0 Å². The van der Waals surface area contributed by atoms with E-state index in [2.05, 4.69) is 0 Å².